The SMILES string of the molecule is Cc1cccc(-c2nc(NC(=O)C3CC3)[nH]c2-c2ccc3c(c2)n(C)c(=O)n3CC(C)C)c1. The maximum Gasteiger partial charge on any atom is 0.328 e. The van der Waals surface area contributed by atoms with Crippen molar-refractivity contribution >= 4 is 22.9 Å². The monoisotopic (exact) mass is 443 g/mol. The second-order valence-corrected chi connectivity index (χ2v) is 9.49. The van der Waals surface area contributed by atoms with E-state index in [1.807, 2.05) is 47.9 Å². The Hall–Kier alpha value is -3.61. The predicted octanol–water partition coefficient (Wildman–Crippen LogP) is 4.71. The Kier molecular flexibility index (Phi) is 5.19. The van der Waals surface area contributed by atoms with E-state index in [4.69, 9.17) is 4.98 Å². The van der Waals surface area contributed by atoms with Crippen LogP contribution >= 0.6 is 0 Å². The van der Waals surface area contributed by atoms with Gasteiger partial charge in [-0.2, -0.15) is 0 Å². The highest BCUT2D eigenvalue weighted by Gasteiger charge is 2.30. The topological polar surface area (TPSA) is 84.7 Å². The number of hydrogen-bond acceptors (Lipinski definition) is 3. The molecule has 1 saturated carbocycles. The largest absolute Gasteiger partial charge is 0.328 e. The molecule has 4 aromatic rings. The molecule has 5 rings (SSSR count). The molecule has 1 fully saturated rings. The molecular formula is C26H29N5O2. The van der Waals surface area contributed by atoms with Crippen molar-refractivity contribution in [2.75, 3.05) is 5.32 Å². The minimum atomic E-state index is -0.0169. The number of aromatic amines is 1. The zero-order valence-electron chi connectivity index (χ0n) is 19.5. The van der Waals surface area contributed by atoms with Gasteiger partial charge in [-0.15, -0.1) is 0 Å². The molecule has 1 aliphatic carbocycles. The smallest absolute Gasteiger partial charge is 0.323 e. The fourth-order valence-electron chi connectivity index (χ4n) is 4.31. The minimum absolute atomic E-state index is 0.00898. The van der Waals surface area contributed by atoms with Gasteiger partial charge in [-0.3, -0.25) is 19.2 Å². The summed E-state index contributed by atoms with van der Waals surface area (Å²) in [5.74, 6) is 0.915. The van der Waals surface area contributed by atoms with E-state index in [-0.39, 0.29) is 17.5 Å². The first-order valence-electron chi connectivity index (χ1n) is 11.5. The van der Waals surface area contributed by atoms with Gasteiger partial charge in [0.05, 0.1) is 22.4 Å². The van der Waals surface area contributed by atoms with Crippen molar-refractivity contribution in [2.45, 2.75) is 40.2 Å². The lowest BCUT2D eigenvalue weighted by molar-refractivity contribution is -0.117. The van der Waals surface area contributed by atoms with Gasteiger partial charge in [-0.05, 0) is 43.9 Å². The summed E-state index contributed by atoms with van der Waals surface area (Å²) in [6.07, 6.45) is 1.87. The number of fused-ring (bicyclic) bond motifs is 1. The number of aromatic nitrogens is 4. The van der Waals surface area contributed by atoms with Gasteiger partial charge in [0.25, 0.3) is 0 Å². The van der Waals surface area contributed by atoms with Crippen LogP contribution in [0.3, 0.4) is 0 Å². The van der Waals surface area contributed by atoms with E-state index < -0.39 is 0 Å². The van der Waals surface area contributed by atoms with Gasteiger partial charge < -0.3 is 4.98 Å². The molecule has 1 amide bonds. The van der Waals surface area contributed by atoms with Crippen LogP contribution in [0.25, 0.3) is 33.5 Å². The third-order valence-corrected chi connectivity index (χ3v) is 6.17. The molecule has 7 heteroatoms. The first-order chi connectivity index (χ1) is 15.8. The average Bonchev–Trinajstić information content (AvgIpc) is 3.52. The third-order valence-electron chi connectivity index (χ3n) is 6.17. The predicted molar refractivity (Wildman–Crippen MR) is 131 cm³/mol. The Morgan fingerprint density at radius 3 is 2.64 bits per heavy atom. The number of aryl methyl sites for hydroxylation is 2. The lowest BCUT2D eigenvalue weighted by Gasteiger charge is -2.07. The van der Waals surface area contributed by atoms with Crippen molar-refractivity contribution in [3.05, 3.63) is 58.5 Å². The quantitative estimate of drug-likeness (QED) is 0.453. The van der Waals surface area contributed by atoms with Gasteiger partial charge in [0.2, 0.25) is 11.9 Å². The first kappa shape index (κ1) is 21.2. The summed E-state index contributed by atoms with van der Waals surface area (Å²) in [5, 5.41) is 2.94. The number of benzene rings is 2. The van der Waals surface area contributed by atoms with E-state index in [1.165, 1.54) is 0 Å². The van der Waals surface area contributed by atoms with Crippen molar-refractivity contribution in [1.29, 1.82) is 0 Å². The van der Waals surface area contributed by atoms with E-state index in [0.29, 0.717) is 18.4 Å². The molecule has 0 saturated heterocycles. The maximum absolute atomic E-state index is 12.9. The maximum atomic E-state index is 12.9. The fourth-order valence-corrected chi connectivity index (χ4v) is 4.31. The van der Waals surface area contributed by atoms with Crippen LogP contribution in [-0.4, -0.2) is 25.0 Å². The fraction of sp³-hybridized carbons (Fsp3) is 0.346. The number of anilines is 1. The average molecular weight is 444 g/mol. The van der Waals surface area contributed by atoms with Crippen molar-refractivity contribution in [1.82, 2.24) is 19.1 Å². The van der Waals surface area contributed by atoms with Gasteiger partial charge in [-0.25, -0.2) is 9.78 Å². The van der Waals surface area contributed by atoms with Gasteiger partial charge in [-0.1, -0.05) is 43.7 Å². The Morgan fingerprint density at radius 2 is 1.94 bits per heavy atom. The third kappa shape index (κ3) is 3.99. The summed E-state index contributed by atoms with van der Waals surface area (Å²) in [7, 11) is 1.81. The standard InChI is InChI=1S/C26H29N5O2/c1-15(2)14-31-20-11-10-19(13-21(20)30(4)26(31)33)23-22(18-7-5-6-16(3)12-18)27-25(28-23)29-24(32)17-8-9-17/h5-7,10-13,15,17H,8-9,14H2,1-4H3,(H2,27,28,29,32). The summed E-state index contributed by atoms with van der Waals surface area (Å²) in [6, 6.07) is 14.2. The number of H-pyrrole nitrogens is 1. The molecule has 0 bridgehead atoms. The number of nitrogens with zero attached hydrogens (tertiary/aromatic N) is 3. The van der Waals surface area contributed by atoms with Crippen molar-refractivity contribution in [3.8, 4) is 22.5 Å². The zero-order chi connectivity index (χ0) is 23.3. The number of nitrogens with one attached hydrogen (secondary N) is 2. The van der Waals surface area contributed by atoms with E-state index in [9.17, 15) is 9.59 Å². The summed E-state index contributed by atoms with van der Waals surface area (Å²) in [5.41, 5.74) is 6.37. The lowest BCUT2D eigenvalue weighted by atomic mass is 10.0. The van der Waals surface area contributed by atoms with Crippen LogP contribution in [0.5, 0.6) is 0 Å². The summed E-state index contributed by atoms with van der Waals surface area (Å²) >= 11 is 0. The van der Waals surface area contributed by atoms with Gasteiger partial charge in [0.15, 0.2) is 0 Å². The lowest BCUT2D eigenvalue weighted by Crippen LogP contribution is -2.24. The summed E-state index contributed by atoms with van der Waals surface area (Å²) in [4.78, 5) is 33.3. The van der Waals surface area contributed by atoms with Crippen LogP contribution in [0.15, 0.2) is 47.3 Å². The number of hydrogen-bond donors (Lipinski definition) is 2. The molecule has 33 heavy (non-hydrogen) atoms. The minimum Gasteiger partial charge on any atom is -0.323 e. The highest BCUT2D eigenvalue weighted by Crippen LogP contribution is 2.35. The molecule has 2 aromatic heterocycles. The van der Waals surface area contributed by atoms with E-state index in [1.54, 1.807) is 11.6 Å². The molecule has 7 nitrogen and oxygen atoms in total. The number of carbonyl (C=O) groups is 1. The van der Waals surface area contributed by atoms with Gasteiger partial charge >= 0.3 is 5.69 Å². The van der Waals surface area contributed by atoms with Crippen LogP contribution in [0, 0.1) is 18.8 Å². The number of imidazole rings is 2. The molecule has 2 heterocycles. The van der Waals surface area contributed by atoms with Crippen LogP contribution in [0.2, 0.25) is 0 Å². The van der Waals surface area contributed by atoms with E-state index in [0.717, 1.165) is 52.0 Å². The molecule has 0 spiro atoms. The summed E-state index contributed by atoms with van der Waals surface area (Å²) in [6.45, 7) is 6.93. The van der Waals surface area contributed by atoms with Gasteiger partial charge in [0, 0.05) is 30.6 Å². The van der Waals surface area contributed by atoms with Gasteiger partial charge in [0.1, 0.15) is 0 Å². The van der Waals surface area contributed by atoms with Crippen LogP contribution in [0.1, 0.15) is 32.3 Å². The van der Waals surface area contributed by atoms with E-state index >= 15 is 0 Å². The Bertz CT molecular complexity index is 1420. The molecule has 2 aromatic carbocycles. The number of rotatable bonds is 6. The molecule has 170 valence electrons. The Labute approximate surface area is 192 Å². The highest BCUT2D eigenvalue weighted by molar-refractivity contribution is 5.94. The Morgan fingerprint density at radius 1 is 1.15 bits per heavy atom. The van der Waals surface area contributed by atoms with Crippen molar-refractivity contribution in [2.24, 2.45) is 18.9 Å². The summed E-state index contributed by atoms with van der Waals surface area (Å²) < 4.78 is 3.53. The second-order valence-electron chi connectivity index (χ2n) is 9.49. The van der Waals surface area contributed by atoms with Crippen LogP contribution in [0.4, 0.5) is 5.95 Å². The first-order valence-corrected chi connectivity index (χ1v) is 11.5. The van der Waals surface area contributed by atoms with Crippen molar-refractivity contribution < 1.29 is 4.79 Å². The van der Waals surface area contributed by atoms with E-state index in [2.05, 4.69) is 30.2 Å². The molecule has 1 aliphatic rings. The highest BCUT2D eigenvalue weighted by atomic mass is 16.2. The number of carbonyl (C=O) groups excluding carboxylic acids is 1. The zero-order valence-corrected chi connectivity index (χ0v) is 19.5. The molecule has 0 atom stereocenters. The molecule has 2 N–H and O–H groups in total. The molecular weight excluding hydrogens is 414 g/mol. The number of amides is 1. The second kappa shape index (κ2) is 8.06. The van der Waals surface area contributed by atoms with Crippen LogP contribution in [-0.2, 0) is 18.4 Å². The van der Waals surface area contributed by atoms with Crippen molar-refractivity contribution in [3.63, 3.8) is 0 Å². The normalized spacial score (nSPS) is 13.7. The molecule has 0 unspecified atom stereocenters. The molecule has 0 aliphatic heterocycles. The Balaban J connectivity index is 1.64. The van der Waals surface area contributed by atoms with Crippen LogP contribution < -0.4 is 11.0 Å². The molecule has 0 radical (unpaired) electrons.